The number of benzene rings is 1. The third kappa shape index (κ3) is 3.89. The summed E-state index contributed by atoms with van der Waals surface area (Å²) in [4.78, 5) is 8.42. The first-order valence-corrected chi connectivity index (χ1v) is 7.02. The van der Waals surface area contributed by atoms with Crippen molar-refractivity contribution >= 4 is 29.1 Å². The number of anilines is 3. The maximum atomic E-state index is 5.85. The molecule has 0 bridgehead atoms. The summed E-state index contributed by atoms with van der Waals surface area (Å²) in [5, 5.41) is 14.8. The fraction of sp³-hybridized carbons (Fsp3) is 0.0667. The zero-order chi connectivity index (χ0) is 15.2. The third-order valence-corrected chi connectivity index (χ3v) is 3.11. The van der Waals surface area contributed by atoms with Gasteiger partial charge in [-0.15, -0.1) is 5.10 Å². The van der Waals surface area contributed by atoms with Gasteiger partial charge in [0.2, 0.25) is 5.95 Å². The molecule has 1 aromatic carbocycles. The van der Waals surface area contributed by atoms with Crippen molar-refractivity contribution in [3.05, 3.63) is 65.6 Å². The van der Waals surface area contributed by atoms with Gasteiger partial charge < -0.3 is 10.6 Å². The average Bonchev–Trinajstić information content (AvgIpc) is 2.57. The molecule has 0 aliphatic rings. The van der Waals surface area contributed by atoms with Gasteiger partial charge in [0, 0.05) is 29.6 Å². The lowest BCUT2D eigenvalue weighted by atomic mass is 10.3. The molecule has 0 radical (unpaired) electrons. The van der Waals surface area contributed by atoms with Crippen LogP contribution < -0.4 is 10.6 Å². The first-order chi connectivity index (χ1) is 10.8. The quantitative estimate of drug-likeness (QED) is 0.753. The predicted molar refractivity (Wildman–Crippen MR) is 86.1 cm³/mol. The van der Waals surface area contributed by atoms with Crippen molar-refractivity contribution in [2.75, 3.05) is 10.6 Å². The normalized spacial score (nSPS) is 10.2. The molecule has 2 heterocycles. The van der Waals surface area contributed by atoms with Crippen LogP contribution in [0.1, 0.15) is 5.56 Å². The minimum Gasteiger partial charge on any atom is -0.364 e. The van der Waals surface area contributed by atoms with Crippen LogP contribution in [0.15, 0.2) is 55.0 Å². The van der Waals surface area contributed by atoms with Crippen LogP contribution in [-0.4, -0.2) is 20.2 Å². The number of hydrogen-bond acceptors (Lipinski definition) is 6. The van der Waals surface area contributed by atoms with Gasteiger partial charge in [-0.05, 0) is 35.9 Å². The van der Waals surface area contributed by atoms with E-state index in [1.54, 1.807) is 30.7 Å². The van der Waals surface area contributed by atoms with Gasteiger partial charge in [0.15, 0.2) is 5.82 Å². The monoisotopic (exact) mass is 312 g/mol. The van der Waals surface area contributed by atoms with E-state index < -0.39 is 0 Å². The molecule has 110 valence electrons. The predicted octanol–water partition coefficient (Wildman–Crippen LogP) is 3.28. The summed E-state index contributed by atoms with van der Waals surface area (Å²) >= 11 is 5.85. The van der Waals surface area contributed by atoms with Crippen molar-refractivity contribution in [1.82, 2.24) is 20.2 Å². The van der Waals surface area contributed by atoms with E-state index in [0.717, 1.165) is 11.3 Å². The molecule has 0 saturated carbocycles. The minimum atomic E-state index is 0.415. The van der Waals surface area contributed by atoms with Crippen LogP contribution in [0, 0.1) is 0 Å². The van der Waals surface area contributed by atoms with Crippen LogP contribution in [0.3, 0.4) is 0 Å². The second-order valence-corrected chi connectivity index (χ2v) is 4.95. The summed E-state index contributed by atoms with van der Waals surface area (Å²) in [6.45, 7) is 0.618. The molecular formula is C15H13ClN6. The molecule has 7 heteroatoms. The molecule has 2 N–H and O–H groups in total. The Morgan fingerprint density at radius 3 is 2.68 bits per heavy atom. The number of pyridine rings is 1. The highest BCUT2D eigenvalue weighted by Crippen LogP contribution is 2.16. The van der Waals surface area contributed by atoms with Crippen molar-refractivity contribution in [1.29, 1.82) is 0 Å². The van der Waals surface area contributed by atoms with Gasteiger partial charge in [-0.3, -0.25) is 4.98 Å². The van der Waals surface area contributed by atoms with E-state index in [1.807, 2.05) is 24.3 Å². The second-order valence-electron chi connectivity index (χ2n) is 4.51. The molecule has 0 aliphatic heterocycles. The lowest BCUT2D eigenvalue weighted by molar-refractivity contribution is 0.964. The second kappa shape index (κ2) is 6.82. The molecule has 0 unspecified atom stereocenters. The molecule has 0 amide bonds. The molecule has 3 rings (SSSR count). The van der Waals surface area contributed by atoms with Gasteiger partial charge in [0.1, 0.15) is 0 Å². The summed E-state index contributed by atoms with van der Waals surface area (Å²) in [6, 6.07) is 11.2. The molecule has 6 nitrogen and oxygen atoms in total. The molecular weight excluding hydrogens is 300 g/mol. The van der Waals surface area contributed by atoms with Crippen LogP contribution >= 0.6 is 11.6 Å². The molecule has 0 aliphatic carbocycles. The fourth-order valence-corrected chi connectivity index (χ4v) is 1.93. The topological polar surface area (TPSA) is 75.6 Å². The minimum absolute atomic E-state index is 0.415. The largest absolute Gasteiger partial charge is 0.364 e. The lowest BCUT2D eigenvalue weighted by Gasteiger charge is -2.07. The zero-order valence-electron chi connectivity index (χ0n) is 11.6. The Bertz CT molecular complexity index is 733. The van der Waals surface area contributed by atoms with Crippen molar-refractivity contribution in [2.24, 2.45) is 0 Å². The molecule has 3 aromatic rings. The Balaban J connectivity index is 1.66. The Kier molecular flexibility index (Phi) is 4.41. The fourth-order valence-electron chi connectivity index (χ4n) is 1.80. The maximum Gasteiger partial charge on any atom is 0.249 e. The van der Waals surface area contributed by atoms with E-state index in [-0.39, 0.29) is 0 Å². The van der Waals surface area contributed by atoms with E-state index in [0.29, 0.717) is 23.3 Å². The molecule has 2 aromatic heterocycles. The number of nitrogens with one attached hydrogen (secondary N) is 2. The molecule has 0 spiro atoms. The zero-order valence-corrected chi connectivity index (χ0v) is 12.3. The standard InChI is InChI=1S/C15H13ClN6/c16-12-3-5-13(6-4-12)20-15-21-14(10-19-22-15)18-9-11-2-1-7-17-8-11/h1-8,10H,9H2,(H2,18,20,21,22). The highest BCUT2D eigenvalue weighted by Gasteiger charge is 2.02. The molecule has 0 atom stereocenters. The van der Waals surface area contributed by atoms with E-state index in [9.17, 15) is 0 Å². The van der Waals surface area contributed by atoms with Crippen LogP contribution in [-0.2, 0) is 6.54 Å². The summed E-state index contributed by atoms with van der Waals surface area (Å²) in [5.41, 5.74) is 1.91. The SMILES string of the molecule is Clc1ccc(Nc2nncc(NCc3cccnc3)n2)cc1. The van der Waals surface area contributed by atoms with Gasteiger partial charge in [-0.1, -0.05) is 17.7 Å². The third-order valence-electron chi connectivity index (χ3n) is 2.86. The Hall–Kier alpha value is -2.73. The van der Waals surface area contributed by atoms with Gasteiger partial charge in [-0.25, -0.2) is 0 Å². The van der Waals surface area contributed by atoms with Gasteiger partial charge in [0.25, 0.3) is 0 Å². The molecule has 0 fully saturated rings. The van der Waals surface area contributed by atoms with E-state index >= 15 is 0 Å². The van der Waals surface area contributed by atoms with Crippen molar-refractivity contribution in [3.8, 4) is 0 Å². The number of nitrogens with zero attached hydrogens (tertiary/aromatic N) is 4. The van der Waals surface area contributed by atoms with E-state index in [4.69, 9.17) is 11.6 Å². The first kappa shape index (κ1) is 14.2. The Labute approximate surface area is 132 Å². The summed E-state index contributed by atoms with van der Waals surface area (Å²) < 4.78 is 0. The van der Waals surface area contributed by atoms with Gasteiger partial charge in [0.05, 0.1) is 6.20 Å². The summed E-state index contributed by atoms with van der Waals surface area (Å²) in [5.74, 6) is 1.05. The highest BCUT2D eigenvalue weighted by molar-refractivity contribution is 6.30. The average molecular weight is 313 g/mol. The van der Waals surface area contributed by atoms with Crippen molar-refractivity contribution in [2.45, 2.75) is 6.54 Å². The van der Waals surface area contributed by atoms with Crippen molar-refractivity contribution in [3.63, 3.8) is 0 Å². The Morgan fingerprint density at radius 1 is 1.05 bits per heavy atom. The number of rotatable bonds is 5. The van der Waals surface area contributed by atoms with Crippen LogP contribution in [0.25, 0.3) is 0 Å². The first-order valence-electron chi connectivity index (χ1n) is 6.65. The Morgan fingerprint density at radius 2 is 1.91 bits per heavy atom. The van der Waals surface area contributed by atoms with Crippen molar-refractivity contribution < 1.29 is 0 Å². The smallest absolute Gasteiger partial charge is 0.249 e. The summed E-state index contributed by atoms with van der Waals surface area (Å²) in [7, 11) is 0. The van der Waals surface area contributed by atoms with E-state index in [2.05, 4.69) is 30.8 Å². The van der Waals surface area contributed by atoms with Gasteiger partial charge in [-0.2, -0.15) is 10.1 Å². The molecule has 0 saturated heterocycles. The van der Waals surface area contributed by atoms with Crippen LogP contribution in [0.2, 0.25) is 5.02 Å². The number of aromatic nitrogens is 4. The lowest BCUT2D eigenvalue weighted by Crippen LogP contribution is -2.05. The highest BCUT2D eigenvalue weighted by atomic mass is 35.5. The maximum absolute atomic E-state index is 5.85. The van der Waals surface area contributed by atoms with Crippen LogP contribution in [0.5, 0.6) is 0 Å². The number of halogens is 1. The van der Waals surface area contributed by atoms with E-state index in [1.165, 1.54) is 0 Å². The number of hydrogen-bond donors (Lipinski definition) is 2. The molecule has 22 heavy (non-hydrogen) atoms. The van der Waals surface area contributed by atoms with Gasteiger partial charge >= 0.3 is 0 Å². The summed E-state index contributed by atoms with van der Waals surface area (Å²) in [6.07, 6.45) is 5.11. The van der Waals surface area contributed by atoms with Crippen LogP contribution in [0.4, 0.5) is 17.5 Å².